The average molecular weight is 365 g/mol. The van der Waals surface area contributed by atoms with E-state index in [0.29, 0.717) is 5.57 Å². The van der Waals surface area contributed by atoms with Crippen molar-refractivity contribution in [2.45, 2.75) is 24.8 Å². The van der Waals surface area contributed by atoms with E-state index in [-0.39, 0.29) is 22.3 Å². The Morgan fingerprint density at radius 3 is 2.59 bits per heavy atom. The fourth-order valence-electron chi connectivity index (χ4n) is 2.10. The summed E-state index contributed by atoms with van der Waals surface area (Å²) in [6.45, 7) is 3.71. The summed E-state index contributed by atoms with van der Waals surface area (Å²) in [5.74, 6) is -0.264. The molecule has 0 aromatic heterocycles. The first-order valence-corrected chi connectivity index (χ1v) is 7.80. The second kappa shape index (κ2) is 8.11. The van der Waals surface area contributed by atoms with Crippen LogP contribution < -0.4 is 0 Å². The zero-order chi connectivity index (χ0) is 16.9. The smallest absolute Gasteiger partial charge is 0.200 e. The first-order chi connectivity index (χ1) is 10.3. The summed E-state index contributed by atoms with van der Waals surface area (Å²) in [5.41, 5.74) is 2.66. The zero-order valence-electron chi connectivity index (χ0n) is 13.6. The van der Waals surface area contributed by atoms with Gasteiger partial charge in [-0.05, 0) is 42.7 Å². The zero-order valence-corrected chi connectivity index (χ0v) is 15.1. The molecule has 0 spiro atoms. The van der Waals surface area contributed by atoms with Crippen LogP contribution in [0.3, 0.4) is 0 Å². The largest absolute Gasteiger partial charge is 0.382 e. The van der Waals surface area contributed by atoms with Gasteiger partial charge in [0.2, 0.25) is 5.78 Å². The molecule has 1 aliphatic rings. The number of hydrogen-bond donors (Lipinski definition) is 0. The van der Waals surface area contributed by atoms with Gasteiger partial charge >= 0.3 is 0 Å². The molecule has 0 N–H and O–H groups in total. The number of alkyl halides is 1. The second-order valence-corrected chi connectivity index (χ2v) is 6.45. The Kier molecular flexibility index (Phi) is 6.79. The number of nitrogens with zero attached hydrogens (tertiary/aromatic N) is 2. The quantitative estimate of drug-likeness (QED) is 0.427. The number of halogens is 1. The molecule has 22 heavy (non-hydrogen) atoms. The van der Waals surface area contributed by atoms with Gasteiger partial charge in [0, 0.05) is 27.4 Å². The van der Waals surface area contributed by atoms with Crippen LogP contribution in [0.25, 0.3) is 0 Å². The van der Waals surface area contributed by atoms with Gasteiger partial charge < -0.3 is 9.64 Å². The van der Waals surface area contributed by atoms with Gasteiger partial charge in [-0.3, -0.25) is 4.79 Å². The van der Waals surface area contributed by atoms with Crippen LogP contribution in [0.2, 0.25) is 0 Å². The molecule has 0 heterocycles. The molecule has 1 aliphatic carbocycles. The molecule has 118 valence electrons. The third-order valence-electron chi connectivity index (χ3n) is 3.28. The number of nitriles is 1. The molecule has 0 radical (unpaired) electrons. The van der Waals surface area contributed by atoms with Crippen molar-refractivity contribution in [3.63, 3.8) is 0 Å². The highest BCUT2D eigenvalue weighted by Crippen LogP contribution is 2.27. The highest BCUT2D eigenvalue weighted by Gasteiger charge is 2.21. The number of ether oxygens (including phenoxy) is 1. The van der Waals surface area contributed by atoms with Gasteiger partial charge in [0.25, 0.3) is 0 Å². The van der Waals surface area contributed by atoms with Crippen LogP contribution in [0.15, 0.2) is 46.7 Å². The minimum atomic E-state index is -0.264. The monoisotopic (exact) mass is 364 g/mol. The Bertz CT molecular complexity index is 607. The molecule has 2 unspecified atom stereocenters. The van der Waals surface area contributed by atoms with Crippen molar-refractivity contribution in [1.29, 1.82) is 5.26 Å². The summed E-state index contributed by atoms with van der Waals surface area (Å²) in [4.78, 5) is 14.1. The maximum absolute atomic E-state index is 12.3. The van der Waals surface area contributed by atoms with E-state index in [2.05, 4.69) is 22.0 Å². The van der Waals surface area contributed by atoms with E-state index in [1.165, 1.54) is 6.20 Å². The van der Waals surface area contributed by atoms with E-state index in [1.807, 2.05) is 19.1 Å². The summed E-state index contributed by atoms with van der Waals surface area (Å²) in [7, 11) is 5.20. The Balaban J connectivity index is 3.09. The SMILES string of the molecule is COC1C=C(/C=C(\C)C(=O)/C(C#N)=C/N(C)C)C(C)=CC1Br. The van der Waals surface area contributed by atoms with Crippen LogP contribution >= 0.6 is 15.9 Å². The Hall–Kier alpha value is -1.64. The lowest BCUT2D eigenvalue weighted by atomic mass is 9.94. The van der Waals surface area contributed by atoms with E-state index >= 15 is 0 Å². The predicted molar refractivity (Wildman–Crippen MR) is 91.5 cm³/mol. The van der Waals surface area contributed by atoms with E-state index < -0.39 is 0 Å². The lowest BCUT2D eigenvalue weighted by molar-refractivity contribution is -0.111. The van der Waals surface area contributed by atoms with Gasteiger partial charge in [0.05, 0.1) is 10.9 Å². The molecule has 0 aliphatic heterocycles. The highest BCUT2D eigenvalue weighted by atomic mass is 79.9. The number of ketones is 1. The Morgan fingerprint density at radius 2 is 2.09 bits per heavy atom. The van der Waals surface area contributed by atoms with Crippen LogP contribution in [0, 0.1) is 11.3 Å². The number of methoxy groups -OCH3 is 1. The van der Waals surface area contributed by atoms with E-state index in [0.717, 1.165) is 11.1 Å². The molecule has 0 amide bonds. The molecule has 0 aromatic rings. The first kappa shape index (κ1) is 18.4. The molecule has 0 fully saturated rings. The van der Waals surface area contributed by atoms with Crippen molar-refractivity contribution in [2.75, 3.05) is 21.2 Å². The topological polar surface area (TPSA) is 53.3 Å². The molecule has 0 saturated heterocycles. The molecule has 0 bridgehead atoms. The van der Waals surface area contributed by atoms with E-state index in [9.17, 15) is 4.79 Å². The number of hydrogen-bond acceptors (Lipinski definition) is 4. The van der Waals surface area contributed by atoms with Crippen molar-refractivity contribution in [3.8, 4) is 6.07 Å². The molecular weight excluding hydrogens is 344 g/mol. The Labute approximate surface area is 140 Å². The van der Waals surface area contributed by atoms with Gasteiger partial charge in [0.15, 0.2) is 0 Å². The number of carbonyl (C=O) groups is 1. The lowest BCUT2D eigenvalue weighted by Crippen LogP contribution is -2.22. The molecule has 5 heteroatoms. The molecule has 0 saturated carbocycles. The van der Waals surface area contributed by atoms with Gasteiger partial charge in [-0.25, -0.2) is 0 Å². The van der Waals surface area contributed by atoms with Gasteiger partial charge in [-0.15, -0.1) is 0 Å². The minimum Gasteiger partial charge on any atom is -0.382 e. The summed E-state index contributed by atoms with van der Waals surface area (Å²) in [6, 6.07) is 1.95. The number of carbonyl (C=O) groups excluding carboxylic acids is 1. The van der Waals surface area contributed by atoms with Crippen molar-refractivity contribution >= 4 is 21.7 Å². The summed E-state index contributed by atoms with van der Waals surface area (Å²) in [5, 5.41) is 9.12. The maximum atomic E-state index is 12.3. The normalized spacial score (nSPS) is 22.6. The number of Topliss-reactive ketones (excluding diaryl/α,β-unsaturated/α-hetero) is 1. The minimum absolute atomic E-state index is 0.0781. The van der Waals surface area contributed by atoms with E-state index in [4.69, 9.17) is 10.00 Å². The fourth-order valence-corrected chi connectivity index (χ4v) is 2.86. The molecule has 2 atom stereocenters. The number of rotatable bonds is 5. The van der Waals surface area contributed by atoms with Gasteiger partial charge in [-0.1, -0.05) is 22.0 Å². The standard InChI is InChI=1S/C17H21BrN2O2/c1-11-7-15(18)16(22-5)8-13(11)6-12(2)17(21)14(9-19)10-20(3)4/h6-8,10,15-16H,1-5H3/b12-6+,14-10+. The summed E-state index contributed by atoms with van der Waals surface area (Å²) >= 11 is 3.55. The van der Waals surface area contributed by atoms with Gasteiger partial charge in [-0.2, -0.15) is 5.26 Å². The third-order valence-corrected chi connectivity index (χ3v) is 4.06. The van der Waals surface area contributed by atoms with Crippen LogP contribution in [0.1, 0.15) is 13.8 Å². The molecule has 4 nitrogen and oxygen atoms in total. The fraction of sp³-hybridized carbons (Fsp3) is 0.412. The third kappa shape index (κ3) is 4.69. The maximum Gasteiger partial charge on any atom is 0.200 e. The molecular formula is C17H21BrN2O2. The summed E-state index contributed by atoms with van der Waals surface area (Å²) < 4.78 is 5.39. The van der Waals surface area contributed by atoms with Crippen LogP contribution in [0.4, 0.5) is 0 Å². The lowest BCUT2D eigenvalue weighted by Gasteiger charge is -2.22. The van der Waals surface area contributed by atoms with Crippen LogP contribution in [0.5, 0.6) is 0 Å². The van der Waals surface area contributed by atoms with E-state index in [1.54, 1.807) is 39.1 Å². The van der Waals surface area contributed by atoms with Crippen molar-refractivity contribution in [3.05, 3.63) is 46.7 Å². The van der Waals surface area contributed by atoms with Crippen molar-refractivity contribution in [2.24, 2.45) is 0 Å². The summed E-state index contributed by atoms with van der Waals surface area (Å²) in [6.07, 6.45) is 7.29. The highest BCUT2D eigenvalue weighted by molar-refractivity contribution is 9.09. The number of allylic oxidation sites excluding steroid dienone is 5. The molecule has 1 rings (SSSR count). The molecule has 0 aromatic carbocycles. The van der Waals surface area contributed by atoms with Crippen LogP contribution in [-0.4, -0.2) is 42.8 Å². The first-order valence-electron chi connectivity index (χ1n) is 6.89. The predicted octanol–water partition coefficient (Wildman–Crippen LogP) is 3.14. The second-order valence-electron chi connectivity index (χ2n) is 5.39. The Morgan fingerprint density at radius 1 is 1.45 bits per heavy atom. The van der Waals surface area contributed by atoms with Crippen LogP contribution in [-0.2, 0) is 9.53 Å². The van der Waals surface area contributed by atoms with Crippen molar-refractivity contribution in [1.82, 2.24) is 4.90 Å². The van der Waals surface area contributed by atoms with Gasteiger partial charge in [0.1, 0.15) is 11.6 Å². The van der Waals surface area contributed by atoms with Crippen molar-refractivity contribution < 1.29 is 9.53 Å². The average Bonchev–Trinajstić information content (AvgIpc) is 2.46.